The van der Waals surface area contributed by atoms with Crippen molar-refractivity contribution in [3.63, 3.8) is 0 Å². The van der Waals surface area contributed by atoms with Crippen LogP contribution in [0.4, 0.5) is 5.69 Å². The number of carbonyl (C=O) groups is 1. The molecule has 22 heavy (non-hydrogen) atoms. The SMILES string of the molecule is CC(=O)Nc1cccc(C(C)NCC(C)CN2CCCC2)c1. The third-order valence-electron chi connectivity index (χ3n) is 4.25. The first kappa shape index (κ1) is 17.0. The van der Waals surface area contributed by atoms with Gasteiger partial charge in [0.2, 0.25) is 5.91 Å². The van der Waals surface area contributed by atoms with Gasteiger partial charge in [0.25, 0.3) is 0 Å². The number of likely N-dealkylation sites (tertiary alicyclic amines) is 1. The highest BCUT2D eigenvalue weighted by atomic mass is 16.1. The lowest BCUT2D eigenvalue weighted by Crippen LogP contribution is -2.32. The van der Waals surface area contributed by atoms with Gasteiger partial charge in [-0.05, 0) is 63.0 Å². The van der Waals surface area contributed by atoms with E-state index in [-0.39, 0.29) is 11.9 Å². The van der Waals surface area contributed by atoms with Gasteiger partial charge in [0.15, 0.2) is 0 Å². The van der Waals surface area contributed by atoms with E-state index in [4.69, 9.17) is 0 Å². The Hall–Kier alpha value is -1.39. The predicted octanol–water partition coefficient (Wildman–Crippen LogP) is 3.03. The summed E-state index contributed by atoms with van der Waals surface area (Å²) in [6.07, 6.45) is 2.71. The Labute approximate surface area is 134 Å². The van der Waals surface area contributed by atoms with Gasteiger partial charge in [-0.3, -0.25) is 4.79 Å². The third-order valence-corrected chi connectivity index (χ3v) is 4.25. The highest BCUT2D eigenvalue weighted by Gasteiger charge is 2.15. The molecule has 4 heteroatoms. The van der Waals surface area contributed by atoms with Gasteiger partial charge >= 0.3 is 0 Å². The molecule has 0 spiro atoms. The van der Waals surface area contributed by atoms with Crippen LogP contribution < -0.4 is 10.6 Å². The van der Waals surface area contributed by atoms with E-state index in [1.807, 2.05) is 18.2 Å². The molecule has 1 aromatic rings. The maximum Gasteiger partial charge on any atom is 0.221 e. The number of carbonyl (C=O) groups excluding carboxylic acids is 1. The maximum atomic E-state index is 11.1. The lowest BCUT2D eigenvalue weighted by atomic mass is 10.1. The summed E-state index contributed by atoms with van der Waals surface area (Å²) in [4.78, 5) is 13.7. The second-order valence-corrected chi connectivity index (χ2v) is 6.55. The Morgan fingerprint density at radius 2 is 2.00 bits per heavy atom. The molecule has 122 valence electrons. The van der Waals surface area contributed by atoms with Crippen molar-refractivity contribution in [1.29, 1.82) is 0 Å². The topological polar surface area (TPSA) is 44.4 Å². The minimum absolute atomic E-state index is 0.0306. The number of hydrogen-bond acceptors (Lipinski definition) is 3. The second-order valence-electron chi connectivity index (χ2n) is 6.55. The van der Waals surface area contributed by atoms with Crippen LogP contribution in [0.15, 0.2) is 24.3 Å². The van der Waals surface area contributed by atoms with Crippen LogP contribution in [0.3, 0.4) is 0 Å². The van der Waals surface area contributed by atoms with Crippen molar-refractivity contribution >= 4 is 11.6 Å². The molecule has 1 aliphatic heterocycles. The number of nitrogens with one attached hydrogen (secondary N) is 2. The van der Waals surface area contributed by atoms with Gasteiger partial charge in [-0.1, -0.05) is 19.1 Å². The van der Waals surface area contributed by atoms with E-state index in [9.17, 15) is 4.79 Å². The van der Waals surface area contributed by atoms with Crippen LogP contribution in [-0.4, -0.2) is 37.0 Å². The van der Waals surface area contributed by atoms with Crippen molar-refractivity contribution in [3.8, 4) is 0 Å². The molecule has 4 nitrogen and oxygen atoms in total. The maximum absolute atomic E-state index is 11.1. The van der Waals surface area contributed by atoms with Crippen molar-refractivity contribution in [2.24, 2.45) is 5.92 Å². The van der Waals surface area contributed by atoms with Gasteiger partial charge in [0, 0.05) is 25.2 Å². The minimum atomic E-state index is -0.0306. The van der Waals surface area contributed by atoms with Gasteiger partial charge in [0.05, 0.1) is 0 Å². The van der Waals surface area contributed by atoms with Crippen molar-refractivity contribution in [1.82, 2.24) is 10.2 Å². The molecule has 1 aromatic carbocycles. The Morgan fingerprint density at radius 1 is 1.27 bits per heavy atom. The molecule has 0 bridgehead atoms. The summed E-state index contributed by atoms with van der Waals surface area (Å²) in [6.45, 7) is 10.8. The summed E-state index contributed by atoms with van der Waals surface area (Å²) in [5, 5.41) is 6.45. The van der Waals surface area contributed by atoms with Crippen LogP contribution in [0.5, 0.6) is 0 Å². The van der Waals surface area contributed by atoms with E-state index >= 15 is 0 Å². The number of rotatable bonds is 7. The number of benzene rings is 1. The summed E-state index contributed by atoms with van der Waals surface area (Å²) >= 11 is 0. The predicted molar refractivity (Wildman–Crippen MR) is 92.0 cm³/mol. The molecule has 1 aliphatic rings. The zero-order chi connectivity index (χ0) is 15.9. The molecule has 0 radical (unpaired) electrons. The molecule has 2 unspecified atom stereocenters. The fourth-order valence-corrected chi connectivity index (χ4v) is 3.06. The van der Waals surface area contributed by atoms with Crippen molar-refractivity contribution < 1.29 is 4.79 Å². The van der Waals surface area contributed by atoms with Gasteiger partial charge < -0.3 is 15.5 Å². The average molecular weight is 303 g/mol. The normalized spacial score (nSPS) is 18.1. The first-order valence-corrected chi connectivity index (χ1v) is 8.38. The van der Waals surface area contributed by atoms with Crippen LogP contribution >= 0.6 is 0 Å². The van der Waals surface area contributed by atoms with E-state index < -0.39 is 0 Å². The fourth-order valence-electron chi connectivity index (χ4n) is 3.06. The summed E-state index contributed by atoms with van der Waals surface area (Å²) in [5.74, 6) is 0.621. The number of nitrogens with zero attached hydrogens (tertiary/aromatic N) is 1. The van der Waals surface area contributed by atoms with E-state index in [1.54, 1.807) is 0 Å². The number of hydrogen-bond donors (Lipinski definition) is 2. The molecule has 1 heterocycles. The first-order chi connectivity index (χ1) is 10.5. The Balaban J connectivity index is 1.80. The quantitative estimate of drug-likeness (QED) is 0.814. The molecule has 2 rings (SSSR count). The molecule has 0 saturated carbocycles. The molecule has 1 amide bonds. The Bertz CT molecular complexity index is 483. The van der Waals surface area contributed by atoms with Crippen LogP contribution in [0, 0.1) is 5.92 Å². The van der Waals surface area contributed by atoms with E-state index in [0.717, 1.165) is 12.2 Å². The van der Waals surface area contributed by atoms with Crippen molar-refractivity contribution in [2.45, 2.75) is 39.7 Å². The smallest absolute Gasteiger partial charge is 0.221 e. The van der Waals surface area contributed by atoms with Crippen LogP contribution in [0.1, 0.15) is 45.2 Å². The van der Waals surface area contributed by atoms with Crippen LogP contribution in [0.25, 0.3) is 0 Å². The highest BCUT2D eigenvalue weighted by Crippen LogP contribution is 2.18. The van der Waals surface area contributed by atoms with E-state index in [0.29, 0.717) is 5.92 Å². The van der Waals surface area contributed by atoms with Crippen LogP contribution in [0.2, 0.25) is 0 Å². The molecular formula is C18H29N3O. The molecule has 2 N–H and O–H groups in total. The van der Waals surface area contributed by atoms with Crippen molar-refractivity contribution in [3.05, 3.63) is 29.8 Å². The van der Waals surface area contributed by atoms with Crippen molar-refractivity contribution in [2.75, 3.05) is 31.5 Å². The summed E-state index contributed by atoms with van der Waals surface area (Å²) < 4.78 is 0. The minimum Gasteiger partial charge on any atom is -0.326 e. The average Bonchev–Trinajstić information content (AvgIpc) is 2.97. The van der Waals surface area contributed by atoms with Gasteiger partial charge in [-0.15, -0.1) is 0 Å². The van der Waals surface area contributed by atoms with E-state index in [2.05, 4.69) is 35.4 Å². The Morgan fingerprint density at radius 3 is 2.68 bits per heavy atom. The Kier molecular flexibility index (Phi) is 6.40. The molecule has 0 aromatic heterocycles. The lowest BCUT2D eigenvalue weighted by Gasteiger charge is -2.23. The molecule has 1 saturated heterocycles. The zero-order valence-electron chi connectivity index (χ0n) is 14.1. The molecule has 2 atom stereocenters. The lowest BCUT2D eigenvalue weighted by molar-refractivity contribution is -0.114. The molecular weight excluding hydrogens is 274 g/mol. The zero-order valence-corrected chi connectivity index (χ0v) is 14.1. The largest absolute Gasteiger partial charge is 0.326 e. The van der Waals surface area contributed by atoms with Crippen LogP contribution in [-0.2, 0) is 4.79 Å². The second kappa shape index (κ2) is 8.30. The fraction of sp³-hybridized carbons (Fsp3) is 0.611. The van der Waals surface area contributed by atoms with Gasteiger partial charge in [0.1, 0.15) is 0 Å². The molecule has 1 fully saturated rings. The van der Waals surface area contributed by atoms with Gasteiger partial charge in [-0.2, -0.15) is 0 Å². The van der Waals surface area contributed by atoms with E-state index in [1.165, 1.54) is 45.0 Å². The third kappa shape index (κ3) is 5.43. The molecule has 0 aliphatic carbocycles. The standard InChI is InChI=1S/C18H29N3O/c1-14(13-21-9-4-5-10-21)12-19-15(2)17-7-6-8-18(11-17)20-16(3)22/h6-8,11,14-15,19H,4-5,9-10,12-13H2,1-3H3,(H,20,22). The monoisotopic (exact) mass is 303 g/mol. The summed E-state index contributed by atoms with van der Waals surface area (Å²) in [7, 11) is 0. The first-order valence-electron chi connectivity index (χ1n) is 8.38. The number of amides is 1. The highest BCUT2D eigenvalue weighted by molar-refractivity contribution is 5.88. The van der Waals surface area contributed by atoms with Gasteiger partial charge in [-0.25, -0.2) is 0 Å². The number of anilines is 1. The summed E-state index contributed by atoms with van der Waals surface area (Å²) in [5.41, 5.74) is 2.07. The summed E-state index contributed by atoms with van der Waals surface area (Å²) in [6, 6.07) is 8.35.